The summed E-state index contributed by atoms with van der Waals surface area (Å²) in [5, 5.41) is 11.1. The Morgan fingerprint density at radius 3 is 2.67 bits per heavy atom. The largest absolute Gasteiger partial charge is 0.359 e. The molecule has 0 aromatic carbocycles. The topological polar surface area (TPSA) is 61.8 Å². The molecule has 0 aromatic rings. The fourth-order valence-electron chi connectivity index (χ4n) is 0.567. The van der Waals surface area contributed by atoms with E-state index in [0.717, 1.165) is 0 Å². The van der Waals surface area contributed by atoms with Crippen molar-refractivity contribution in [2.45, 2.75) is 5.66 Å². The van der Waals surface area contributed by atoms with E-state index in [0.29, 0.717) is 0 Å². The van der Waals surface area contributed by atoms with E-state index >= 15 is 0 Å². The summed E-state index contributed by atoms with van der Waals surface area (Å²) in [5.74, 6) is 0. The smallest absolute Gasteiger partial charge is 0.195 e. The van der Waals surface area contributed by atoms with E-state index in [-0.39, 0.29) is 0 Å². The van der Waals surface area contributed by atoms with Crippen molar-refractivity contribution in [1.29, 1.82) is 5.26 Å². The molecule has 0 bridgehead atoms. The zero-order chi connectivity index (χ0) is 6.74. The van der Waals surface area contributed by atoms with Gasteiger partial charge in [0.05, 0.1) is 0 Å². The lowest BCUT2D eigenvalue weighted by Crippen LogP contribution is -2.48. The predicted molar refractivity (Wildman–Crippen MR) is 33.9 cm³/mol. The Hall–Kier alpha value is -1.27. The van der Waals surface area contributed by atoms with Crippen molar-refractivity contribution >= 4 is 0 Å². The fraction of sp³-hybridized carbons (Fsp3) is 0.167. The van der Waals surface area contributed by atoms with Gasteiger partial charge in [0.2, 0.25) is 0 Å². The second kappa shape index (κ2) is 1.92. The summed E-state index contributed by atoms with van der Waals surface area (Å²) >= 11 is 0. The standard InChI is InChI=1S/C6H7N3/c7-5-6(8)3-1-2-4-9-6/h1-4,9H,8H2/t6-/m0/s1. The van der Waals surface area contributed by atoms with Crippen molar-refractivity contribution < 1.29 is 0 Å². The van der Waals surface area contributed by atoms with Crippen LogP contribution in [0.25, 0.3) is 0 Å². The van der Waals surface area contributed by atoms with Crippen molar-refractivity contribution in [2.75, 3.05) is 0 Å². The van der Waals surface area contributed by atoms with Crippen LogP contribution in [0.1, 0.15) is 0 Å². The molecule has 0 radical (unpaired) electrons. The number of rotatable bonds is 0. The Morgan fingerprint density at radius 1 is 1.56 bits per heavy atom. The van der Waals surface area contributed by atoms with Gasteiger partial charge in [-0.15, -0.1) is 0 Å². The molecule has 0 saturated heterocycles. The summed E-state index contributed by atoms with van der Waals surface area (Å²) in [7, 11) is 0. The molecular formula is C6H7N3. The van der Waals surface area contributed by atoms with Gasteiger partial charge in [-0.3, -0.25) is 5.73 Å². The first-order valence-corrected chi connectivity index (χ1v) is 2.59. The molecule has 0 aromatic heterocycles. The Bertz CT molecular complexity index is 199. The molecule has 1 aliphatic rings. The molecule has 1 heterocycles. The molecule has 9 heavy (non-hydrogen) atoms. The lowest BCUT2D eigenvalue weighted by Gasteiger charge is -2.18. The van der Waals surface area contributed by atoms with Crippen LogP contribution in [-0.4, -0.2) is 5.66 Å². The maximum Gasteiger partial charge on any atom is 0.195 e. The molecule has 0 unspecified atom stereocenters. The van der Waals surface area contributed by atoms with E-state index in [9.17, 15) is 0 Å². The monoisotopic (exact) mass is 121 g/mol. The molecule has 1 rings (SSSR count). The lowest BCUT2D eigenvalue weighted by molar-refractivity contribution is 0.594. The molecule has 1 atom stereocenters. The second-order valence-corrected chi connectivity index (χ2v) is 1.84. The minimum absolute atomic E-state index is 0.991. The highest BCUT2D eigenvalue weighted by Gasteiger charge is 2.18. The number of allylic oxidation sites excluding steroid dienone is 2. The maximum absolute atomic E-state index is 8.43. The van der Waals surface area contributed by atoms with Crippen LogP contribution < -0.4 is 11.1 Å². The Balaban J connectivity index is 2.77. The molecule has 0 amide bonds. The van der Waals surface area contributed by atoms with Gasteiger partial charge in [0, 0.05) is 0 Å². The minimum atomic E-state index is -0.991. The highest BCUT2D eigenvalue weighted by atomic mass is 15.1. The lowest BCUT2D eigenvalue weighted by atomic mass is 10.1. The average Bonchev–Trinajstić information content (AvgIpc) is 1.90. The third-order valence-electron chi connectivity index (χ3n) is 1.07. The van der Waals surface area contributed by atoms with E-state index in [4.69, 9.17) is 11.0 Å². The molecule has 0 saturated carbocycles. The predicted octanol–water partition coefficient (Wildman–Crippen LogP) is -0.162. The van der Waals surface area contributed by atoms with Crippen molar-refractivity contribution in [2.24, 2.45) is 5.73 Å². The number of nitriles is 1. The highest BCUT2D eigenvalue weighted by molar-refractivity contribution is 5.25. The summed E-state index contributed by atoms with van der Waals surface area (Å²) in [6.07, 6.45) is 6.76. The number of hydrogen-bond acceptors (Lipinski definition) is 3. The van der Waals surface area contributed by atoms with Crippen LogP contribution in [0.3, 0.4) is 0 Å². The van der Waals surface area contributed by atoms with Crippen molar-refractivity contribution in [3.63, 3.8) is 0 Å². The molecule has 0 fully saturated rings. The quantitative estimate of drug-likeness (QED) is 0.468. The van der Waals surface area contributed by atoms with Crippen LogP contribution in [0, 0.1) is 11.3 Å². The van der Waals surface area contributed by atoms with E-state index in [1.165, 1.54) is 0 Å². The zero-order valence-electron chi connectivity index (χ0n) is 4.83. The van der Waals surface area contributed by atoms with Crippen LogP contribution >= 0.6 is 0 Å². The molecule has 1 aliphatic heterocycles. The molecule has 3 nitrogen and oxygen atoms in total. The molecule has 0 spiro atoms. The summed E-state index contributed by atoms with van der Waals surface area (Å²) in [6.45, 7) is 0. The fourth-order valence-corrected chi connectivity index (χ4v) is 0.567. The first-order chi connectivity index (χ1) is 4.27. The number of nitrogens with one attached hydrogen (secondary N) is 1. The first-order valence-electron chi connectivity index (χ1n) is 2.59. The Labute approximate surface area is 53.5 Å². The maximum atomic E-state index is 8.43. The summed E-state index contributed by atoms with van der Waals surface area (Å²) < 4.78 is 0. The van der Waals surface area contributed by atoms with Gasteiger partial charge in [0.15, 0.2) is 5.66 Å². The van der Waals surface area contributed by atoms with E-state index < -0.39 is 5.66 Å². The minimum Gasteiger partial charge on any atom is -0.359 e. The summed E-state index contributed by atoms with van der Waals surface area (Å²) in [5.41, 5.74) is 4.46. The molecule has 0 aliphatic carbocycles. The van der Waals surface area contributed by atoms with Gasteiger partial charge < -0.3 is 5.32 Å². The average molecular weight is 121 g/mol. The summed E-state index contributed by atoms with van der Waals surface area (Å²) in [4.78, 5) is 0. The van der Waals surface area contributed by atoms with Crippen molar-refractivity contribution in [3.8, 4) is 6.07 Å². The van der Waals surface area contributed by atoms with Gasteiger partial charge in [0.1, 0.15) is 6.07 Å². The van der Waals surface area contributed by atoms with Gasteiger partial charge in [0.25, 0.3) is 0 Å². The second-order valence-electron chi connectivity index (χ2n) is 1.84. The molecular weight excluding hydrogens is 114 g/mol. The van der Waals surface area contributed by atoms with E-state index in [1.807, 2.05) is 6.07 Å². The van der Waals surface area contributed by atoms with Crippen LogP contribution in [-0.2, 0) is 0 Å². The number of dihydropyridines is 1. The first kappa shape index (κ1) is 5.86. The van der Waals surface area contributed by atoms with Gasteiger partial charge in [-0.2, -0.15) is 5.26 Å². The van der Waals surface area contributed by atoms with E-state index in [2.05, 4.69) is 5.32 Å². The third kappa shape index (κ3) is 1.09. The van der Waals surface area contributed by atoms with Crippen LogP contribution in [0.15, 0.2) is 24.4 Å². The zero-order valence-corrected chi connectivity index (χ0v) is 4.83. The Morgan fingerprint density at radius 2 is 2.33 bits per heavy atom. The van der Waals surface area contributed by atoms with Crippen molar-refractivity contribution in [1.82, 2.24) is 5.32 Å². The van der Waals surface area contributed by atoms with Crippen LogP contribution in [0.5, 0.6) is 0 Å². The van der Waals surface area contributed by atoms with Crippen molar-refractivity contribution in [3.05, 3.63) is 24.4 Å². The summed E-state index contributed by atoms with van der Waals surface area (Å²) in [6, 6.07) is 1.91. The van der Waals surface area contributed by atoms with Crippen LogP contribution in [0.2, 0.25) is 0 Å². The number of nitrogens with zero attached hydrogens (tertiary/aromatic N) is 1. The Kier molecular flexibility index (Phi) is 1.25. The SMILES string of the molecule is N#C[C@]1(N)C=CC=CN1. The van der Waals surface area contributed by atoms with Gasteiger partial charge in [-0.1, -0.05) is 6.08 Å². The third-order valence-corrected chi connectivity index (χ3v) is 1.07. The molecule has 46 valence electrons. The molecule has 3 N–H and O–H groups in total. The highest BCUT2D eigenvalue weighted by Crippen LogP contribution is 2.00. The number of nitrogens with two attached hydrogens (primary N) is 1. The van der Waals surface area contributed by atoms with Gasteiger partial charge >= 0.3 is 0 Å². The van der Waals surface area contributed by atoms with Crippen LogP contribution in [0.4, 0.5) is 0 Å². The van der Waals surface area contributed by atoms with E-state index in [1.54, 1.807) is 24.4 Å². The normalized spacial score (nSPS) is 31.1. The van der Waals surface area contributed by atoms with Gasteiger partial charge in [-0.05, 0) is 18.4 Å². The van der Waals surface area contributed by atoms with Gasteiger partial charge in [-0.25, -0.2) is 0 Å². The number of hydrogen-bond donors (Lipinski definition) is 2. The molecule has 3 heteroatoms.